The monoisotopic (exact) mass is 273 g/mol. The lowest BCUT2D eigenvalue weighted by Crippen LogP contribution is -2.08. The summed E-state index contributed by atoms with van der Waals surface area (Å²) in [6, 6.07) is 6.06. The van der Waals surface area contributed by atoms with Crippen molar-refractivity contribution in [3.05, 3.63) is 42.0 Å². The number of allylic oxidation sites excluding steroid dienone is 1. The lowest BCUT2D eigenvalue weighted by atomic mass is 10.0. The Morgan fingerprint density at radius 1 is 1.40 bits per heavy atom. The van der Waals surface area contributed by atoms with Gasteiger partial charge in [-0.2, -0.15) is 0 Å². The summed E-state index contributed by atoms with van der Waals surface area (Å²) < 4.78 is 11.5. The second-order valence-corrected chi connectivity index (χ2v) is 4.87. The molecule has 0 unspecified atom stereocenters. The van der Waals surface area contributed by atoms with Crippen LogP contribution in [0.2, 0.25) is 0 Å². The number of aliphatic imine (C=N–C) groups is 1. The van der Waals surface area contributed by atoms with E-state index in [2.05, 4.69) is 18.5 Å². The van der Waals surface area contributed by atoms with Gasteiger partial charge in [0.05, 0.1) is 13.2 Å². The highest BCUT2D eigenvalue weighted by molar-refractivity contribution is 5.97. The summed E-state index contributed by atoms with van der Waals surface area (Å²) in [6.07, 6.45) is 6.15. The van der Waals surface area contributed by atoms with Crippen molar-refractivity contribution in [2.45, 2.75) is 32.6 Å². The van der Waals surface area contributed by atoms with Crippen molar-refractivity contribution < 1.29 is 9.47 Å². The highest BCUT2D eigenvalue weighted by Gasteiger charge is 2.17. The van der Waals surface area contributed by atoms with Gasteiger partial charge in [0.1, 0.15) is 12.4 Å². The first-order valence-corrected chi connectivity index (χ1v) is 7.40. The number of hydrogen-bond donors (Lipinski definition) is 0. The number of benzene rings is 1. The van der Waals surface area contributed by atoms with Crippen LogP contribution in [0.15, 0.2) is 35.8 Å². The third-order valence-electron chi connectivity index (χ3n) is 3.30. The van der Waals surface area contributed by atoms with Crippen LogP contribution in [-0.4, -0.2) is 25.7 Å². The number of rotatable bonds is 8. The van der Waals surface area contributed by atoms with Crippen molar-refractivity contribution in [3.8, 4) is 5.75 Å². The van der Waals surface area contributed by atoms with E-state index in [1.54, 1.807) is 0 Å². The zero-order chi connectivity index (χ0) is 14.2. The van der Waals surface area contributed by atoms with Crippen LogP contribution < -0.4 is 4.74 Å². The minimum absolute atomic E-state index is 0.671. The van der Waals surface area contributed by atoms with Crippen LogP contribution in [0.25, 0.3) is 0 Å². The van der Waals surface area contributed by atoms with Crippen LogP contribution in [0.4, 0.5) is 0 Å². The van der Waals surface area contributed by atoms with Crippen LogP contribution in [0, 0.1) is 0 Å². The summed E-state index contributed by atoms with van der Waals surface area (Å²) in [7, 11) is 0. The molecule has 2 rings (SSSR count). The fourth-order valence-corrected chi connectivity index (χ4v) is 2.29. The molecule has 0 aromatic heterocycles. The molecular formula is C17H23NO2. The molecule has 0 aliphatic carbocycles. The standard InChI is InChI=1S/C17H23NO2/c1-3-5-6-12-19-16-10-7-9-15(14(16)8-4-2)17-18-11-13-20-17/h4,7,9-10H,2-3,5-6,8,11-13H2,1H3. The Bertz CT molecular complexity index is 480. The van der Waals surface area contributed by atoms with Crippen molar-refractivity contribution in [2.75, 3.05) is 19.8 Å². The number of unbranched alkanes of at least 4 members (excludes halogenated alkanes) is 2. The van der Waals surface area contributed by atoms with Crippen molar-refractivity contribution in [2.24, 2.45) is 4.99 Å². The molecule has 1 aliphatic heterocycles. The Labute approximate surface area is 121 Å². The van der Waals surface area contributed by atoms with Gasteiger partial charge in [-0.25, -0.2) is 4.99 Å². The van der Waals surface area contributed by atoms with Gasteiger partial charge in [-0.05, 0) is 25.0 Å². The van der Waals surface area contributed by atoms with Crippen LogP contribution in [0.1, 0.15) is 37.3 Å². The van der Waals surface area contributed by atoms with Crippen LogP contribution in [0.3, 0.4) is 0 Å². The molecule has 0 saturated heterocycles. The second kappa shape index (κ2) is 7.73. The summed E-state index contributed by atoms with van der Waals surface area (Å²) in [4.78, 5) is 4.40. The topological polar surface area (TPSA) is 30.8 Å². The third-order valence-corrected chi connectivity index (χ3v) is 3.30. The summed E-state index contributed by atoms with van der Waals surface area (Å²) in [6.45, 7) is 8.20. The predicted octanol–water partition coefficient (Wildman–Crippen LogP) is 3.76. The highest BCUT2D eigenvalue weighted by atomic mass is 16.5. The summed E-state index contributed by atoms with van der Waals surface area (Å²) in [5.41, 5.74) is 2.16. The molecule has 1 aromatic rings. The molecule has 108 valence electrons. The van der Waals surface area contributed by atoms with Gasteiger partial charge >= 0.3 is 0 Å². The molecule has 0 fully saturated rings. The van der Waals surface area contributed by atoms with Crippen molar-refractivity contribution in [1.82, 2.24) is 0 Å². The highest BCUT2D eigenvalue weighted by Crippen LogP contribution is 2.25. The lowest BCUT2D eigenvalue weighted by molar-refractivity contribution is 0.303. The first kappa shape index (κ1) is 14.6. The molecule has 1 heterocycles. The third kappa shape index (κ3) is 3.62. The molecule has 0 amide bonds. The zero-order valence-corrected chi connectivity index (χ0v) is 12.2. The second-order valence-electron chi connectivity index (χ2n) is 4.87. The van der Waals surface area contributed by atoms with E-state index in [0.717, 1.165) is 48.8 Å². The summed E-state index contributed by atoms with van der Waals surface area (Å²) >= 11 is 0. The van der Waals surface area contributed by atoms with E-state index >= 15 is 0 Å². The molecular weight excluding hydrogens is 250 g/mol. The molecule has 3 heteroatoms. The average molecular weight is 273 g/mol. The number of ether oxygens (including phenoxy) is 2. The van der Waals surface area contributed by atoms with E-state index in [9.17, 15) is 0 Å². The zero-order valence-electron chi connectivity index (χ0n) is 12.2. The summed E-state index contributed by atoms with van der Waals surface area (Å²) in [5, 5.41) is 0. The number of nitrogens with zero attached hydrogens (tertiary/aromatic N) is 1. The molecule has 3 nitrogen and oxygen atoms in total. The molecule has 0 radical (unpaired) electrons. The summed E-state index contributed by atoms with van der Waals surface area (Å²) in [5.74, 6) is 1.66. The Morgan fingerprint density at radius 2 is 2.30 bits per heavy atom. The van der Waals surface area contributed by atoms with Gasteiger partial charge < -0.3 is 9.47 Å². The van der Waals surface area contributed by atoms with Crippen LogP contribution in [-0.2, 0) is 11.2 Å². The van der Waals surface area contributed by atoms with Gasteiger partial charge in [-0.3, -0.25) is 0 Å². The van der Waals surface area contributed by atoms with Crippen LogP contribution in [0.5, 0.6) is 5.75 Å². The Balaban J connectivity index is 2.17. The lowest BCUT2D eigenvalue weighted by Gasteiger charge is -2.14. The van der Waals surface area contributed by atoms with Gasteiger partial charge in [0.2, 0.25) is 5.90 Å². The van der Waals surface area contributed by atoms with E-state index in [4.69, 9.17) is 9.47 Å². The molecule has 20 heavy (non-hydrogen) atoms. The Kier molecular flexibility index (Phi) is 5.66. The van der Waals surface area contributed by atoms with Crippen molar-refractivity contribution in [1.29, 1.82) is 0 Å². The molecule has 0 atom stereocenters. The van der Waals surface area contributed by atoms with E-state index in [1.807, 2.05) is 24.3 Å². The van der Waals surface area contributed by atoms with Crippen molar-refractivity contribution in [3.63, 3.8) is 0 Å². The Hall–Kier alpha value is -1.77. The molecule has 1 aliphatic rings. The molecule has 1 aromatic carbocycles. The maximum absolute atomic E-state index is 5.93. The van der Waals surface area contributed by atoms with Gasteiger partial charge in [0.15, 0.2) is 0 Å². The van der Waals surface area contributed by atoms with Gasteiger partial charge in [-0.15, -0.1) is 6.58 Å². The molecule has 0 spiro atoms. The maximum atomic E-state index is 5.93. The van der Waals surface area contributed by atoms with Gasteiger partial charge in [-0.1, -0.05) is 31.9 Å². The molecule has 0 N–H and O–H groups in total. The normalized spacial score (nSPS) is 13.8. The van der Waals surface area contributed by atoms with Gasteiger partial charge in [0, 0.05) is 11.1 Å². The van der Waals surface area contributed by atoms with Crippen LogP contribution >= 0.6 is 0 Å². The Morgan fingerprint density at radius 3 is 3.00 bits per heavy atom. The quantitative estimate of drug-likeness (QED) is 0.533. The molecule has 0 saturated carbocycles. The van der Waals surface area contributed by atoms with E-state index in [-0.39, 0.29) is 0 Å². The number of hydrogen-bond acceptors (Lipinski definition) is 3. The van der Waals surface area contributed by atoms with Gasteiger partial charge in [0.25, 0.3) is 0 Å². The fraction of sp³-hybridized carbons (Fsp3) is 0.471. The minimum atomic E-state index is 0.671. The maximum Gasteiger partial charge on any atom is 0.216 e. The predicted molar refractivity (Wildman–Crippen MR) is 82.7 cm³/mol. The molecule has 0 bridgehead atoms. The minimum Gasteiger partial charge on any atom is -0.493 e. The fourth-order valence-electron chi connectivity index (χ4n) is 2.29. The average Bonchev–Trinajstić information content (AvgIpc) is 2.99. The van der Waals surface area contributed by atoms with E-state index in [1.165, 1.54) is 12.8 Å². The smallest absolute Gasteiger partial charge is 0.216 e. The SMILES string of the molecule is C=CCc1c(OCCCCC)cccc1C1=NCCO1. The first-order valence-electron chi connectivity index (χ1n) is 7.40. The van der Waals surface area contributed by atoms with E-state index < -0.39 is 0 Å². The first-order chi connectivity index (χ1) is 9.86. The van der Waals surface area contributed by atoms with E-state index in [0.29, 0.717) is 6.61 Å². The van der Waals surface area contributed by atoms with Crippen molar-refractivity contribution >= 4 is 5.90 Å². The largest absolute Gasteiger partial charge is 0.493 e.